The smallest absolute Gasteiger partial charge is 0.366 e. The summed E-state index contributed by atoms with van der Waals surface area (Å²) in [5.41, 5.74) is 7.49. The molecule has 1 saturated carbocycles. The number of rotatable bonds is 3. The molecule has 2 aromatic heterocycles. The van der Waals surface area contributed by atoms with Crippen LogP contribution in [-0.2, 0) is 19.1 Å². The Morgan fingerprint density at radius 1 is 1.09 bits per heavy atom. The van der Waals surface area contributed by atoms with Crippen molar-refractivity contribution in [3.63, 3.8) is 0 Å². The van der Waals surface area contributed by atoms with E-state index in [1.807, 2.05) is 10.7 Å². The highest BCUT2D eigenvalue weighted by Crippen LogP contribution is 2.40. The highest BCUT2D eigenvalue weighted by Gasteiger charge is 2.32. The molecular weight excluding hydrogens is 424 g/mol. The Bertz CT molecular complexity index is 1110. The van der Waals surface area contributed by atoms with Crippen LogP contribution >= 0.6 is 0 Å². The van der Waals surface area contributed by atoms with Gasteiger partial charge in [-0.15, -0.1) is 0 Å². The molecule has 168 valence electrons. The predicted molar refractivity (Wildman–Crippen MR) is 110 cm³/mol. The van der Waals surface area contributed by atoms with Crippen molar-refractivity contribution in [2.75, 3.05) is 0 Å². The van der Waals surface area contributed by atoms with Crippen LogP contribution in [0.1, 0.15) is 58.9 Å². The van der Waals surface area contributed by atoms with E-state index in [9.17, 15) is 22.4 Å². The molecule has 0 bridgehead atoms. The minimum Gasteiger partial charge on any atom is -0.366 e. The first-order valence-electron chi connectivity index (χ1n) is 10.4. The summed E-state index contributed by atoms with van der Waals surface area (Å²) in [5.74, 6) is -0.506. The molecule has 2 N–H and O–H groups in total. The predicted octanol–water partition coefficient (Wildman–Crippen LogP) is 5.10. The van der Waals surface area contributed by atoms with Crippen molar-refractivity contribution in [3.05, 3.63) is 70.9 Å². The maximum absolute atomic E-state index is 13.0. The van der Waals surface area contributed by atoms with Crippen LogP contribution in [0, 0.1) is 5.82 Å². The number of amides is 1. The quantitative estimate of drug-likeness (QED) is 0.569. The van der Waals surface area contributed by atoms with E-state index >= 15 is 0 Å². The van der Waals surface area contributed by atoms with Crippen molar-refractivity contribution >= 4 is 5.91 Å². The molecule has 1 amide bonds. The lowest BCUT2D eigenvalue weighted by atomic mass is 10.1. The molecule has 0 atom stereocenters. The summed E-state index contributed by atoms with van der Waals surface area (Å²) in [5, 5.41) is 4.37. The largest absolute Gasteiger partial charge is 0.433 e. The second-order valence-electron chi connectivity index (χ2n) is 8.04. The lowest BCUT2D eigenvalue weighted by Gasteiger charge is -2.11. The third-order valence-corrected chi connectivity index (χ3v) is 5.52. The molecule has 5 rings (SSSR count). The SMILES string of the molecule is FC(F)(F)c1cc(-c2cc3n(n2)CCCC3)ccn1.NC(=O)c1cc(F)cc(C2CC2)c1. The zero-order chi connectivity index (χ0) is 22.9. The highest BCUT2D eigenvalue weighted by atomic mass is 19.4. The van der Waals surface area contributed by atoms with Gasteiger partial charge in [0.25, 0.3) is 0 Å². The van der Waals surface area contributed by atoms with Gasteiger partial charge in [-0.1, -0.05) is 0 Å². The number of halogens is 4. The summed E-state index contributed by atoms with van der Waals surface area (Å²) in [6, 6.07) is 8.81. The second kappa shape index (κ2) is 8.72. The van der Waals surface area contributed by atoms with Crippen LogP contribution in [0.2, 0.25) is 0 Å². The van der Waals surface area contributed by atoms with Crippen LogP contribution in [0.15, 0.2) is 42.6 Å². The molecule has 9 heteroatoms. The first-order valence-corrected chi connectivity index (χ1v) is 10.4. The van der Waals surface area contributed by atoms with Crippen LogP contribution in [0.25, 0.3) is 11.3 Å². The second-order valence-corrected chi connectivity index (χ2v) is 8.04. The molecule has 1 fully saturated rings. The summed E-state index contributed by atoms with van der Waals surface area (Å²) in [6.45, 7) is 0.840. The van der Waals surface area contributed by atoms with Crippen LogP contribution in [0.4, 0.5) is 17.6 Å². The Kier molecular flexibility index (Phi) is 5.99. The Morgan fingerprint density at radius 2 is 1.88 bits per heavy atom. The monoisotopic (exact) mass is 446 g/mol. The number of carbonyl (C=O) groups is 1. The fourth-order valence-corrected chi connectivity index (χ4v) is 3.71. The number of benzene rings is 1. The van der Waals surface area contributed by atoms with Gasteiger partial charge >= 0.3 is 6.18 Å². The zero-order valence-corrected chi connectivity index (χ0v) is 17.2. The van der Waals surface area contributed by atoms with Gasteiger partial charge in [-0.25, -0.2) is 4.39 Å². The number of nitrogens with zero attached hydrogens (tertiary/aromatic N) is 3. The average molecular weight is 446 g/mol. The third kappa shape index (κ3) is 5.15. The topological polar surface area (TPSA) is 73.8 Å². The molecule has 5 nitrogen and oxygen atoms in total. The number of fused-ring (bicyclic) bond motifs is 1. The van der Waals surface area contributed by atoms with E-state index in [1.165, 1.54) is 18.3 Å². The van der Waals surface area contributed by atoms with E-state index in [4.69, 9.17) is 5.73 Å². The van der Waals surface area contributed by atoms with E-state index in [-0.39, 0.29) is 11.4 Å². The Labute approximate surface area is 182 Å². The standard InChI is InChI=1S/C13H12F3N3.C10H10FNO/c14-13(15,16)12-7-9(4-5-17-12)11-8-10-3-1-2-6-19(10)18-11;11-9-4-7(6-1-2-6)3-8(5-9)10(12)13/h4-5,7-8H,1-3,6H2;3-6H,1-2H2,(H2,12,13). The Balaban J connectivity index is 0.000000165. The molecule has 2 aliphatic rings. The van der Waals surface area contributed by atoms with Crippen molar-refractivity contribution in [1.82, 2.24) is 14.8 Å². The van der Waals surface area contributed by atoms with Gasteiger partial charge in [-0.05, 0) is 80.0 Å². The van der Waals surface area contributed by atoms with Crippen LogP contribution in [0.3, 0.4) is 0 Å². The number of hydrogen-bond donors (Lipinski definition) is 1. The normalized spacial score (nSPS) is 15.5. The number of pyridine rings is 1. The number of alkyl halides is 3. The van der Waals surface area contributed by atoms with Gasteiger partial charge in [0, 0.05) is 29.6 Å². The van der Waals surface area contributed by atoms with E-state index in [1.54, 1.807) is 12.1 Å². The third-order valence-electron chi connectivity index (χ3n) is 5.52. The average Bonchev–Trinajstić information content (AvgIpc) is 3.52. The van der Waals surface area contributed by atoms with Crippen LogP contribution in [-0.4, -0.2) is 20.7 Å². The first kappa shape index (κ1) is 22.0. The molecule has 0 unspecified atom stereocenters. The van der Waals surface area contributed by atoms with Crippen molar-refractivity contribution in [2.45, 2.75) is 50.7 Å². The number of carbonyl (C=O) groups excluding carboxylic acids is 1. The van der Waals surface area contributed by atoms with E-state index in [0.717, 1.165) is 56.0 Å². The number of hydrogen-bond acceptors (Lipinski definition) is 3. The first-order chi connectivity index (χ1) is 15.2. The molecule has 32 heavy (non-hydrogen) atoms. The molecule has 1 aromatic carbocycles. The lowest BCUT2D eigenvalue weighted by molar-refractivity contribution is -0.141. The fourth-order valence-electron chi connectivity index (χ4n) is 3.71. The highest BCUT2D eigenvalue weighted by molar-refractivity contribution is 5.93. The summed E-state index contributed by atoms with van der Waals surface area (Å²) >= 11 is 0. The molecule has 0 radical (unpaired) electrons. The number of aryl methyl sites for hydroxylation is 2. The van der Waals surface area contributed by atoms with Crippen molar-refractivity contribution < 1.29 is 22.4 Å². The van der Waals surface area contributed by atoms with E-state index < -0.39 is 17.8 Å². The van der Waals surface area contributed by atoms with Gasteiger partial charge in [0.1, 0.15) is 11.5 Å². The fraction of sp³-hybridized carbons (Fsp3) is 0.348. The van der Waals surface area contributed by atoms with Gasteiger partial charge < -0.3 is 5.73 Å². The molecule has 3 heterocycles. The summed E-state index contributed by atoms with van der Waals surface area (Å²) in [7, 11) is 0. The molecule has 1 aliphatic carbocycles. The van der Waals surface area contributed by atoms with E-state index in [0.29, 0.717) is 17.2 Å². The number of primary amides is 1. The summed E-state index contributed by atoms with van der Waals surface area (Å²) in [6.07, 6.45) is 2.03. The summed E-state index contributed by atoms with van der Waals surface area (Å²) in [4.78, 5) is 14.2. The molecule has 1 aliphatic heterocycles. The molecule has 0 saturated heterocycles. The lowest BCUT2D eigenvalue weighted by Crippen LogP contribution is -2.11. The Hall–Kier alpha value is -3.23. The maximum Gasteiger partial charge on any atom is 0.433 e. The number of nitrogens with two attached hydrogens (primary N) is 1. The summed E-state index contributed by atoms with van der Waals surface area (Å²) < 4.78 is 52.7. The van der Waals surface area contributed by atoms with Crippen molar-refractivity contribution in [3.8, 4) is 11.3 Å². The van der Waals surface area contributed by atoms with E-state index in [2.05, 4.69) is 10.1 Å². The Morgan fingerprint density at radius 3 is 2.53 bits per heavy atom. The van der Waals surface area contributed by atoms with Gasteiger partial charge in [0.15, 0.2) is 0 Å². The van der Waals surface area contributed by atoms with Crippen molar-refractivity contribution in [1.29, 1.82) is 0 Å². The van der Waals surface area contributed by atoms with Gasteiger partial charge in [-0.2, -0.15) is 18.3 Å². The van der Waals surface area contributed by atoms with Crippen LogP contribution < -0.4 is 5.73 Å². The van der Waals surface area contributed by atoms with Crippen LogP contribution in [0.5, 0.6) is 0 Å². The number of aromatic nitrogens is 3. The maximum atomic E-state index is 13.0. The van der Waals surface area contributed by atoms with Gasteiger partial charge in [-0.3, -0.25) is 14.5 Å². The minimum absolute atomic E-state index is 0.266. The minimum atomic E-state index is -4.42. The van der Waals surface area contributed by atoms with Gasteiger partial charge in [0.05, 0.1) is 5.69 Å². The molecule has 3 aromatic rings. The van der Waals surface area contributed by atoms with Crippen molar-refractivity contribution in [2.24, 2.45) is 5.73 Å². The molecule has 0 spiro atoms. The zero-order valence-electron chi connectivity index (χ0n) is 17.2. The molecular formula is C23H22F4N4O. The van der Waals surface area contributed by atoms with Gasteiger partial charge in [0.2, 0.25) is 5.91 Å².